The molecule has 152 valence electrons. The summed E-state index contributed by atoms with van der Waals surface area (Å²) in [6, 6.07) is 5.19. The van der Waals surface area contributed by atoms with Gasteiger partial charge in [0.25, 0.3) is 0 Å². The first-order valence-electron chi connectivity index (χ1n) is 9.83. The molecule has 1 aliphatic rings. The Kier molecular flexibility index (Phi) is 6.73. The van der Waals surface area contributed by atoms with Crippen LogP contribution < -0.4 is 20.1 Å². The predicted octanol–water partition coefficient (Wildman–Crippen LogP) is 2.97. The Bertz CT molecular complexity index is 805. The summed E-state index contributed by atoms with van der Waals surface area (Å²) in [6.45, 7) is 3.35. The summed E-state index contributed by atoms with van der Waals surface area (Å²) in [5.74, 6) is 3.17. The molecule has 0 unspecified atom stereocenters. The fraction of sp³-hybridized carbons (Fsp3) is 0.550. The third kappa shape index (κ3) is 4.55. The molecular formula is C20H29N5O3. The van der Waals surface area contributed by atoms with Gasteiger partial charge in [0.05, 0.1) is 20.3 Å². The van der Waals surface area contributed by atoms with E-state index >= 15 is 0 Å². The van der Waals surface area contributed by atoms with Crippen molar-refractivity contribution in [1.82, 2.24) is 25.4 Å². The third-order valence-electron chi connectivity index (χ3n) is 5.06. The monoisotopic (exact) mass is 387 g/mol. The van der Waals surface area contributed by atoms with Gasteiger partial charge >= 0.3 is 6.03 Å². The number of benzene rings is 1. The fourth-order valence-electron chi connectivity index (χ4n) is 3.50. The Morgan fingerprint density at radius 3 is 2.75 bits per heavy atom. The van der Waals surface area contributed by atoms with E-state index in [1.807, 2.05) is 25.1 Å². The van der Waals surface area contributed by atoms with Gasteiger partial charge in [0.15, 0.2) is 17.3 Å². The van der Waals surface area contributed by atoms with Crippen molar-refractivity contribution in [2.24, 2.45) is 0 Å². The first kappa shape index (κ1) is 20.0. The van der Waals surface area contributed by atoms with Crippen molar-refractivity contribution < 1.29 is 14.3 Å². The van der Waals surface area contributed by atoms with E-state index in [0.717, 1.165) is 49.4 Å². The number of aryl methyl sites for hydroxylation is 1. The molecule has 0 radical (unpaired) electrons. The molecule has 2 heterocycles. The van der Waals surface area contributed by atoms with Crippen LogP contribution in [-0.2, 0) is 19.5 Å². The summed E-state index contributed by atoms with van der Waals surface area (Å²) < 4.78 is 12.7. The van der Waals surface area contributed by atoms with Crippen LogP contribution in [0.25, 0.3) is 0 Å². The van der Waals surface area contributed by atoms with Crippen LogP contribution in [-0.4, -0.2) is 35.0 Å². The van der Waals surface area contributed by atoms with E-state index in [2.05, 4.69) is 25.4 Å². The van der Waals surface area contributed by atoms with Crippen LogP contribution >= 0.6 is 0 Å². The number of carbonyl (C=O) groups excluding carboxylic acids is 1. The molecule has 0 bridgehead atoms. The van der Waals surface area contributed by atoms with E-state index in [9.17, 15) is 4.79 Å². The van der Waals surface area contributed by atoms with E-state index in [1.54, 1.807) is 14.2 Å². The second kappa shape index (κ2) is 9.43. The van der Waals surface area contributed by atoms with Crippen LogP contribution in [0, 0.1) is 0 Å². The molecule has 28 heavy (non-hydrogen) atoms. The van der Waals surface area contributed by atoms with E-state index in [0.29, 0.717) is 18.0 Å². The highest BCUT2D eigenvalue weighted by atomic mass is 16.5. The highest BCUT2D eigenvalue weighted by molar-refractivity contribution is 5.74. The minimum Gasteiger partial charge on any atom is -0.493 e. The Morgan fingerprint density at radius 2 is 2.00 bits per heavy atom. The lowest BCUT2D eigenvalue weighted by molar-refractivity contribution is 0.235. The molecule has 0 aliphatic carbocycles. The highest BCUT2D eigenvalue weighted by Crippen LogP contribution is 2.27. The lowest BCUT2D eigenvalue weighted by Gasteiger charge is -2.18. The van der Waals surface area contributed by atoms with Gasteiger partial charge in [0.1, 0.15) is 5.82 Å². The number of aromatic nitrogens is 3. The largest absolute Gasteiger partial charge is 0.493 e. The fourth-order valence-corrected chi connectivity index (χ4v) is 3.50. The zero-order chi connectivity index (χ0) is 19.9. The molecule has 8 nitrogen and oxygen atoms in total. The number of urea groups is 1. The third-order valence-corrected chi connectivity index (χ3v) is 5.06. The Hall–Kier alpha value is -2.77. The second-order valence-electron chi connectivity index (χ2n) is 6.91. The first-order chi connectivity index (χ1) is 13.7. The van der Waals surface area contributed by atoms with Gasteiger partial charge in [0.2, 0.25) is 0 Å². The van der Waals surface area contributed by atoms with Crippen molar-refractivity contribution in [3.05, 3.63) is 35.4 Å². The van der Waals surface area contributed by atoms with Gasteiger partial charge in [-0.25, -0.2) is 4.79 Å². The normalized spacial score (nSPS) is 14.5. The van der Waals surface area contributed by atoms with Crippen molar-refractivity contribution >= 4 is 6.03 Å². The van der Waals surface area contributed by atoms with Crippen molar-refractivity contribution in [1.29, 1.82) is 0 Å². The average Bonchev–Trinajstić information content (AvgIpc) is 2.97. The lowest BCUT2D eigenvalue weighted by atomic mass is 10.2. The van der Waals surface area contributed by atoms with E-state index in [4.69, 9.17) is 9.47 Å². The zero-order valence-electron chi connectivity index (χ0n) is 16.8. The molecule has 1 aliphatic heterocycles. The number of methoxy groups -OCH3 is 2. The van der Waals surface area contributed by atoms with E-state index in [1.165, 1.54) is 6.42 Å². The van der Waals surface area contributed by atoms with Crippen LogP contribution in [0.3, 0.4) is 0 Å². The Morgan fingerprint density at radius 1 is 1.18 bits per heavy atom. The average molecular weight is 387 g/mol. The standard InChI is InChI=1S/C20H29N5O3/c1-4-15(19-24-23-18-8-6-5-7-11-25(18)19)22-20(26)21-13-14-9-10-16(27-2)17(12-14)28-3/h9-10,12,15H,4-8,11,13H2,1-3H3,(H2,21,22,26)/t15-/m0/s1. The number of nitrogens with zero attached hydrogens (tertiary/aromatic N) is 3. The van der Waals surface area contributed by atoms with Crippen LogP contribution in [0.15, 0.2) is 18.2 Å². The van der Waals surface area contributed by atoms with Crippen molar-refractivity contribution in [3.63, 3.8) is 0 Å². The van der Waals surface area contributed by atoms with E-state index in [-0.39, 0.29) is 12.1 Å². The summed E-state index contributed by atoms with van der Waals surface area (Å²) in [4.78, 5) is 12.5. The maximum atomic E-state index is 12.5. The molecule has 3 rings (SSSR count). The number of nitrogens with one attached hydrogen (secondary N) is 2. The molecule has 2 amide bonds. The number of amides is 2. The summed E-state index contributed by atoms with van der Waals surface area (Å²) in [5.41, 5.74) is 0.928. The van der Waals surface area contributed by atoms with Crippen LogP contribution in [0.4, 0.5) is 4.79 Å². The number of ether oxygens (including phenoxy) is 2. The quantitative estimate of drug-likeness (QED) is 0.762. The van der Waals surface area contributed by atoms with Crippen LogP contribution in [0.5, 0.6) is 11.5 Å². The molecule has 0 saturated heterocycles. The van der Waals surface area contributed by atoms with Gasteiger partial charge in [-0.2, -0.15) is 0 Å². The molecule has 0 fully saturated rings. The molecule has 2 aromatic rings. The summed E-state index contributed by atoms with van der Waals surface area (Å²) in [5, 5.41) is 14.6. The second-order valence-corrected chi connectivity index (χ2v) is 6.91. The summed E-state index contributed by atoms with van der Waals surface area (Å²) in [6.07, 6.45) is 5.18. The van der Waals surface area contributed by atoms with Gasteiger partial charge in [0, 0.05) is 19.5 Å². The van der Waals surface area contributed by atoms with Gasteiger partial charge in [-0.1, -0.05) is 19.4 Å². The van der Waals surface area contributed by atoms with Crippen molar-refractivity contribution in [2.75, 3.05) is 14.2 Å². The SMILES string of the molecule is CC[C@H](NC(=O)NCc1ccc(OC)c(OC)c1)c1nnc2n1CCCCC2. The minimum atomic E-state index is -0.229. The van der Waals surface area contributed by atoms with E-state index < -0.39 is 0 Å². The molecule has 1 aromatic carbocycles. The first-order valence-corrected chi connectivity index (χ1v) is 9.83. The molecule has 8 heteroatoms. The predicted molar refractivity (Wildman–Crippen MR) is 106 cm³/mol. The zero-order valence-corrected chi connectivity index (χ0v) is 16.8. The maximum absolute atomic E-state index is 12.5. The number of carbonyl (C=O) groups is 1. The molecule has 2 N–H and O–H groups in total. The topological polar surface area (TPSA) is 90.3 Å². The Labute approximate surface area is 165 Å². The number of hydrogen-bond donors (Lipinski definition) is 2. The van der Waals surface area contributed by atoms with Crippen molar-refractivity contribution in [3.8, 4) is 11.5 Å². The molecule has 0 spiro atoms. The molecule has 1 aromatic heterocycles. The Balaban J connectivity index is 1.61. The lowest BCUT2D eigenvalue weighted by Crippen LogP contribution is -2.38. The summed E-state index contributed by atoms with van der Waals surface area (Å²) >= 11 is 0. The van der Waals surface area contributed by atoms with Gasteiger partial charge in [-0.3, -0.25) is 0 Å². The van der Waals surface area contributed by atoms with Crippen molar-refractivity contribution in [2.45, 2.75) is 58.2 Å². The molecule has 1 atom stereocenters. The van der Waals surface area contributed by atoms with Gasteiger partial charge in [-0.05, 0) is 37.0 Å². The molecular weight excluding hydrogens is 358 g/mol. The smallest absolute Gasteiger partial charge is 0.315 e. The number of rotatable bonds is 7. The number of hydrogen-bond acceptors (Lipinski definition) is 5. The highest BCUT2D eigenvalue weighted by Gasteiger charge is 2.22. The maximum Gasteiger partial charge on any atom is 0.315 e. The number of fused-ring (bicyclic) bond motifs is 1. The van der Waals surface area contributed by atoms with Gasteiger partial charge < -0.3 is 24.7 Å². The van der Waals surface area contributed by atoms with Gasteiger partial charge in [-0.15, -0.1) is 10.2 Å². The summed E-state index contributed by atoms with van der Waals surface area (Å²) in [7, 11) is 3.19. The van der Waals surface area contributed by atoms with Crippen LogP contribution in [0.1, 0.15) is 55.9 Å². The van der Waals surface area contributed by atoms with Crippen LogP contribution in [0.2, 0.25) is 0 Å². The molecule has 0 saturated carbocycles. The minimum absolute atomic E-state index is 0.162.